The van der Waals surface area contributed by atoms with Crippen LogP contribution in [0.25, 0.3) is 0 Å². The lowest BCUT2D eigenvalue weighted by Gasteiger charge is -2.33. The van der Waals surface area contributed by atoms with Gasteiger partial charge in [-0.1, -0.05) is 78.3 Å². The SMILES string of the molecule is C[C@H](C(=O)N(Cc1ccccc1)Cc1ccccc1)N(c1cccc(Cl)c1)S(C)(=O)=O. The number of anilines is 1. The van der Waals surface area contributed by atoms with Crippen molar-refractivity contribution in [2.45, 2.75) is 26.1 Å². The third-order valence-electron chi connectivity index (χ3n) is 4.87. The molecule has 0 fully saturated rings. The van der Waals surface area contributed by atoms with Gasteiger partial charge in [0, 0.05) is 18.1 Å². The standard InChI is InChI=1S/C24H25ClN2O3S/c1-19(27(31(2,29)30)23-15-9-14-22(25)16-23)24(28)26(17-20-10-5-3-6-11-20)18-21-12-7-4-8-13-21/h3-16,19H,17-18H2,1-2H3/t19-/m1/s1. The van der Waals surface area contributed by atoms with Gasteiger partial charge in [0.1, 0.15) is 6.04 Å². The fraction of sp³-hybridized carbons (Fsp3) is 0.208. The number of carbonyl (C=O) groups is 1. The Hall–Kier alpha value is -2.83. The first-order chi connectivity index (χ1) is 14.8. The van der Waals surface area contributed by atoms with Gasteiger partial charge < -0.3 is 4.90 Å². The molecule has 0 saturated carbocycles. The van der Waals surface area contributed by atoms with Crippen molar-refractivity contribution in [2.24, 2.45) is 0 Å². The molecule has 0 bridgehead atoms. The molecule has 0 heterocycles. The van der Waals surface area contributed by atoms with Crippen molar-refractivity contribution in [3.63, 3.8) is 0 Å². The molecule has 0 aliphatic heterocycles. The Morgan fingerprint density at radius 1 is 0.871 bits per heavy atom. The van der Waals surface area contributed by atoms with Crippen molar-refractivity contribution in [1.82, 2.24) is 4.90 Å². The maximum Gasteiger partial charge on any atom is 0.246 e. The minimum absolute atomic E-state index is 0.293. The van der Waals surface area contributed by atoms with Gasteiger partial charge >= 0.3 is 0 Å². The van der Waals surface area contributed by atoms with E-state index in [1.165, 1.54) is 0 Å². The molecule has 1 amide bonds. The highest BCUT2D eigenvalue weighted by Crippen LogP contribution is 2.25. The molecule has 0 aliphatic rings. The number of benzene rings is 3. The summed E-state index contributed by atoms with van der Waals surface area (Å²) in [5, 5.41) is 0.399. The Labute approximate surface area is 188 Å². The Bertz CT molecular complexity index is 1080. The van der Waals surface area contributed by atoms with Crippen LogP contribution in [0.4, 0.5) is 5.69 Å². The molecule has 162 valence electrons. The second kappa shape index (κ2) is 9.98. The van der Waals surface area contributed by atoms with Crippen LogP contribution in [0.2, 0.25) is 5.02 Å². The summed E-state index contributed by atoms with van der Waals surface area (Å²) in [4.78, 5) is 15.3. The third-order valence-corrected chi connectivity index (χ3v) is 6.35. The van der Waals surface area contributed by atoms with Gasteiger partial charge in [-0.05, 0) is 36.2 Å². The molecule has 0 aliphatic carbocycles. The molecule has 0 saturated heterocycles. The number of halogens is 1. The summed E-state index contributed by atoms with van der Waals surface area (Å²) in [5.41, 5.74) is 2.29. The van der Waals surface area contributed by atoms with Crippen LogP contribution in [0.5, 0.6) is 0 Å². The molecule has 3 rings (SSSR count). The monoisotopic (exact) mass is 456 g/mol. The van der Waals surface area contributed by atoms with E-state index in [1.54, 1.807) is 36.1 Å². The Morgan fingerprint density at radius 3 is 1.84 bits per heavy atom. The van der Waals surface area contributed by atoms with Crippen LogP contribution < -0.4 is 4.31 Å². The van der Waals surface area contributed by atoms with E-state index in [-0.39, 0.29) is 5.91 Å². The van der Waals surface area contributed by atoms with Crippen molar-refractivity contribution in [3.8, 4) is 0 Å². The summed E-state index contributed by atoms with van der Waals surface area (Å²) in [7, 11) is -3.73. The maximum atomic E-state index is 13.6. The first-order valence-corrected chi connectivity index (χ1v) is 12.1. The predicted molar refractivity (Wildman–Crippen MR) is 125 cm³/mol. The zero-order valence-electron chi connectivity index (χ0n) is 17.5. The number of nitrogens with zero attached hydrogens (tertiary/aromatic N) is 2. The average molecular weight is 457 g/mol. The molecular formula is C24H25ClN2O3S. The molecule has 0 spiro atoms. The van der Waals surface area contributed by atoms with Gasteiger partial charge in [0.2, 0.25) is 15.9 Å². The molecule has 0 radical (unpaired) electrons. The molecule has 3 aromatic rings. The Balaban J connectivity index is 1.95. The first-order valence-electron chi connectivity index (χ1n) is 9.87. The molecule has 0 aromatic heterocycles. The zero-order chi connectivity index (χ0) is 22.4. The van der Waals surface area contributed by atoms with E-state index >= 15 is 0 Å². The second-order valence-corrected chi connectivity index (χ2v) is 9.68. The van der Waals surface area contributed by atoms with Crippen LogP contribution in [0.3, 0.4) is 0 Å². The number of rotatable bonds is 8. The molecule has 0 unspecified atom stereocenters. The van der Waals surface area contributed by atoms with Crippen LogP contribution in [0.1, 0.15) is 18.1 Å². The van der Waals surface area contributed by atoms with Crippen molar-refractivity contribution < 1.29 is 13.2 Å². The quantitative estimate of drug-likeness (QED) is 0.492. The minimum Gasteiger partial charge on any atom is -0.332 e. The zero-order valence-corrected chi connectivity index (χ0v) is 19.1. The van der Waals surface area contributed by atoms with Crippen LogP contribution in [-0.2, 0) is 27.9 Å². The van der Waals surface area contributed by atoms with E-state index in [0.29, 0.717) is 23.8 Å². The Kier molecular flexibility index (Phi) is 7.36. The van der Waals surface area contributed by atoms with Gasteiger partial charge in [-0.25, -0.2) is 8.42 Å². The molecular weight excluding hydrogens is 432 g/mol. The van der Waals surface area contributed by atoms with Gasteiger partial charge in [-0.15, -0.1) is 0 Å². The number of carbonyl (C=O) groups excluding carboxylic acids is 1. The normalized spacial score (nSPS) is 12.2. The van der Waals surface area contributed by atoms with E-state index in [4.69, 9.17) is 11.6 Å². The number of hydrogen-bond donors (Lipinski definition) is 0. The van der Waals surface area contributed by atoms with Crippen LogP contribution in [0, 0.1) is 0 Å². The van der Waals surface area contributed by atoms with E-state index in [0.717, 1.165) is 21.7 Å². The van der Waals surface area contributed by atoms with Crippen molar-refractivity contribution in [1.29, 1.82) is 0 Å². The number of sulfonamides is 1. The van der Waals surface area contributed by atoms with Crippen molar-refractivity contribution >= 4 is 33.2 Å². The van der Waals surface area contributed by atoms with Crippen LogP contribution >= 0.6 is 11.6 Å². The highest BCUT2D eigenvalue weighted by atomic mass is 35.5. The van der Waals surface area contributed by atoms with E-state index < -0.39 is 16.1 Å². The number of hydrogen-bond acceptors (Lipinski definition) is 3. The lowest BCUT2D eigenvalue weighted by atomic mass is 10.1. The van der Waals surface area contributed by atoms with Crippen molar-refractivity contribution in [2.75, 3.05) is 10.6 Å². The van der Waals surface area contributed by atoms with E-state index in [9.17, 15) is 13.2 Å². The molecule has 5 nitrogen and oxygen atoms in total. The summed E-state index contributed by atoms with van der Waals surface area (Å²) < 4.78 is 26.4. The smallest absolute Gasteiger partial charge is 0.246 e. The molecule has 0 N–H and O–H groups in total. The van der Waals surface area contributed by atoms with E-state index in [2.05, 4.69) is 0 Å². The summed E-state index contributed by atoms with van der Waals surface area (Å²) in [5.74, 6) is -0.293. The van der Waals surface area contributed by atoms with Gasteiger partial charge in [-0.3, -0.25) is 9.10 Å². The Morgan fingerprint density at radius 2 is 1.39 bits per heavy atom. The highest BCUT2D eigenvalue weighted by molar-refractivity contribution is 7.92. The molecule has 3 aromatic carbocycles. The maximum absolute atomic E-state index is 13.6. The molecule has 7 heteroatoms. The minimum atomic E-state index is -3.73. The lowest BCUT2D eigenvalue weighted by Crippen LogP contribution is -2.49. The predicted octanol–water partition coefficient (Wildman–Crippen LogP) is 4.72. The lowest BCUT2D eigenvalue weighted by molar-refractivity contribution is -0.133. The summed E-state index contributed by atoms with van der Waals surface area (Å²) >= 11 is 6.08. The molecule has 1 atom stereocenters. The topological polar surface area (TPSA) is 57.7 Å². The van der Waals surface area contributed by atoms with Crippen molar-refractivity contribution in [3.05, 3.63) is 101 Å². The van der Waals surface area contributed by atoms with Gasteiger partial charge in [0.15, 0.2) is 0 Å². The summed E-state index contributed by atoms with van der Waals surface area (Å²) in [6, 6.07) is 24.8. The van der Waals surface area contributed by atoms with Gasteiger partial charge in [-0.2, -0.15) is 0 Å². The fourth-order valence-corrected chi connectivity index (χ4v) is 4.85. The summed E-state index contributed by atoms with van der Waals surface area (Å²) in [6.07, 6.45) is 1.09. The largest absolute Gasteiger partial charge is 0.332 e. The molecule has 31 heavy (non-hydrogen) atoms. The third kappa shape index (κ3) is 6.09. The van der Waals surface area contributed by atoms with Crippen LogP contribution in [0.15, 0.2) is 84.9 Å². The second-order valence-electron chi connectivity index (χ2n) is 7.38. The average Bonchev–Trinajstić information content (AvgIpc) is 2.73. The highest BCUT2D eigenvalue weighted by Gasteiger charge is 2.32. The van der Waals surface area contributed by atoms with Gasteiger partial charge in [0.05, 0.1) is 11.9 Å². The van der Waals surface area contributed by atoms with E-state index in [1.807, 2.05) is 60.7 Å². The van der Waals surface area contributed by atoms with Gasteiger partial charge in [0.25, 0.3) is 0 Å². The first kappa shape index (κ1) is 22.8. The fourth-order valence-electron chi connectivity index (χ4n) is 3.50. The van der Waals surface area contributed by atoms with Crippen LogP contribution in [-0.4, -0.2) is 31.5 Å². The summed E-state index contributed by atoms with van der Waals surface area (Å²) in [6.45, 7) is 2.34. The number of amides is 1.